The van der Waals surface area contributed by atoms with Crippen LogP contribution >= 0.6 is 22.9 Å². The Bertz CT molecular complexity index is 68.9. The van der Waals surface area contributed by atoms with Gasteiger partial charge in [-0.2, -0.15) is 0 Å². The summed E-state index contributed by atoms with van der Waals surface area (Å²) in [6.07, 6.45) is 9.37. The molecule has 0 fully saturated rings. The quantitative estimate of drug-likeness (QED) is 0.388. The molecule has 0 aromatic carbocycles. The van der Waals surface area contributed by atoms with Crippen LogP contribution in [0, 0.1) is 0 Å². The second kappa shape index (κ2) is 11.6. The second-order valence-corrected chi connectivity index (χ2v) is 3.91. The summed E-state index contributed by atoms with van der Waals surface area (Å²) in [7, 11) is 0. The number of rotatable bonds is 9. The molecule has 0 atom stereocenters. The molecule has 0 amide bonds. The summed E-state index contributed by atoms with van der Waals surface area (Å²) in [5.74, 6) is 0. The van der Waals surface area contributed by atoms with E-state index in [-0.39, 0.29) is 0 Å². The van der Waals surface area contributed by atoms with E-state index in [0.29, 0.717) is 0 Å². The lowest BCUT2D eigenvalue weighted by atomic mass is 10.1. The van der Waals surface area contributed by atoms with Crippen molar-refractivity contribution in [3.63, 3.8) is 0 Å². The van der Waals surface area contributed by atoms with Gasteiger partial charge >= 0.3 is 0 Å². The first-order valence-electron chi connectivity index (χ1n) is 4.95. The summed E-state index contributed by atoms with van der Waals surface area (Å²) < 4.78 is 3.13. The smallest absolute Gasteiger partial charge is 0.0169 e. The predicted octanol–water partition coefficient (Wildman–Crippen LogP) is 2.62. The molecule has 0 spiro atoms. The molecule has 0 heterocycles. The second-order valence-electron chi connectivity index (χ2n) is 3.15. The Hall–Kier alpha value is 0.650. The third-order valence-electron chi connectivity index (χ3n) is 1.98. The molecule has 0 aliphatic carbocycles. The highest BCUT2D eigenvalue weighted by atomic mass is 127. The monoisotopic (exact) mass is 284 g/mol. The average molecular weight is 284 g/mol. The number of hydrogen-bond acceptors (Lipinski definition) is 2. The van der Waals surface area contributed by atoms with Crippen molar-refractivity contribution < 1.29 is 0 Å². The maximum atomic E-state index is 5.40. The SMILES string of the molecule is NCCCCCCCCCNI. The van der Waals surface area contributed by atoms with E-state index in [1.807, 2.05) is 0 Å². The fourth-order valence-electron chi connectivity index (χ4n) is 1.22. The van der Waals surface area contributed by atoms with Gasteiger partial charge in [0.2, 0.25) is 0 Å². The topological polar surface area (TPSA) is 38.0 Å². The molecule has 0 saturated carbocycles. The van der Waals surface area contributed by atoms with Crippen LogP contribution < -0.4 is 9.26 Å². The standard InChI is InChI=1S/C9H21IN2/c10-12-9-7-5-3-1-2-4-6-8-11/h12H,1-9,11H2. The summed E-state index contributed by atoms with van der Waals surface area (Å²) >= 11 is 2.20. The molecule has 0 bridgehead atoms. The zero-order chi connectivity index (χ0) is 9.07. The van der Waals surface area contributed by atoms with E-state index in [1.54, 1.807) is 0 Å². The lowest BCUT2D eigenvalue weighted by Crippen LogP contribution is -1.99. The van der Waals surface area contributed by atoms with Gasteiger partial charge in [-0.05, 0) is 19.4 Å². The fraction of sp³-hybridized carbons (Fsp3) is 1.00. The van der Waals surface area contributed by atoms with E-state index in [2.05, 4.69) is 26.4 Å². The van der Waals surface area contributed by atoms with Crippen molar-refractivity contribution in [2.24, 2.45) is 5.73 Å². The third kappa shape index (κ3) is 10.7. The van der Waals surface area contributed by atoms with Crippen molar-refractivity contribution in [2.75, 3.05) is 13.1 Å². The minimum atomic E-state index is 0.860. The molecule has 3 heteroatoms. The summed E-state index contributed by atoms with van der Waals surface area (Å²) in [4.78, 5) is 0. The van der Waals surface area contributed by atoms with Gasteiger partial charge in [0.25, 0.3) is 0 Å². The van der Waals surface area contributed by atoms with Gasteiger partial charge in [0, 0.05) is 29.4 Å². The van der Waals surface area contributed by atoms with E-state index in [0.717, 1.165) is 13.1 Å². The van der Waals surface area contributed by atoms with Crippen LogP contribution in [0.3, 0.4) is 0 Å². The first-order valence-corrected chi connectivity index (χ1v) is 6.03. The molecular weight excluding hydrogens is 263 g/mol. The lowest BCUT2D eigenvalue weighted by molar-refractivity contribution is 0.583. The maximum absolute atomic E-state index is 5.40. The van der Waals surface area contributed by atoms with E-state index in [9.17, 15) is 0 Å². The van der Waals surface area contributed by atoms with Crippen LogP contribution in [0.2, 0.25) is 0 Å². The molecule has 0 radical (unpaired) electrons. The number of unbranched alkanes of at least 4 members (excludes halogenated alkanes) is 6. The van der Waals surface area contributed by atoms with Crippen molar-refractivity contribution >= 4 is 22.9 Å². The number of halogens is 1. The van der Waals surface area contributed by atoms with Crippen molar-refractivity contribution in [3.8, 4) is 0 Å². The van der Waals surface area contributed by atoms with Crippen molar-refractivity contribution in [1.82, 2.24) is 3.53 Å². The molecule has 12 heavy (non-hydrogen) atoms. The zero-order valence-electron chi connectivity index (χ0n) is 7.82. The lowest BCUT2D eigenvalue weighted by Gasteiger charge is -2.00. The molecule has 74 valence electrons. The first-order chi connectivity index (χ1) is 5.91. The summed E-state index contributed by atoms with van der Waals surface area (Å²) in [5.41, 5.74) is 5.40. The van der Waals surface area contributed by atoms with Gasteiger partial charge in [0.1, 0.15) is 0 Å². The summed E-state index contributed by atoms with van der Waals surface area (Å²) in [6, 6.07) is 0. The summed E-state index contributed by atoms with van der Waals surface area (Å²) in [5, 5.41) is 0. The Kier molecular flexibility index (Phi) is 12.3. The van der Waals surface area contributed by atoms with Gasteiger partial charge in [-0.3, -0.25) is 3.53 Å². The molecule has 0 aromatic rings. The van der Waals surface area contributed by atoms with Gasteiger partial charge in [-0.15, -0.1) is 0 Å². The minimum Gasteiger partial charge on any atom is -0.330 e. The molecule has 3 N–H and O–H groups in total. The van der Waals surface area contributed by atoms with Crippen LogP contribution in [-0.2, 0) is 0 Å². The van der Waals surface area contributed by atoms with E-state index >= 15 is 0 Å². The van der Waals surface area contributed by atoms with Gasteiger partial charge in [-0.1, -0.05) is 32.1 Å². The number of nitrogens with one attached hydrogen (secondary N) is 1. The number of hydrogen-bond donors (Lipinski definition) is 2. The normalized spacial score (nSPS) is 10.5. The minimum absolute atomic E-state index is 0.860. The Labute approximate surface area is 90.2 Å². The van der Waals surface area contributed by atoms with Crippen molar-refractivity contribution in [3.05, 3.63) is 0 Å². The van der Waals surface area contributed by atoms with Gasteiger partial charge in [0.15, 0.2) is 0 Å². The zero-order valence-corrected chi connectivity index (χ0v) is 9.98. The van der Waals surface area contributed by atoms with Crippen LogP contribution in [0.5, 0.6) is 0 Å². The van der Waals surface area contributed by atoms with Crippen LogP contribution in [-0.4, -0.2) is 13.1 Å². The van der Waals surface area contributed by atoms with Gasteiger partial charge < -0.3 is 5.73 Å². The predicted molar refractivity (Wildman–Crippen MR) is 63.4 cm³/mol. The molecule has 0 aliphatic rings. The van der Waals surface area contributed by atoms with Crippen LogP contribution in [0.25, 0.3) is 0 Å². The van der Waals surface area contributed by atoms with Crippen LogP contribution in [0.1, 0.15) is 44.9 Å². The molecule has 2 nitrogen and oxygen atoms in total. The fourth-order valence-corrected chi connectivity index (χ4v) is 1.60. The Balaban J connectivity index is 2.73. The molecule has 0 unspecified atom stereocenters. The molecule has 0 aromatic heterocycles. The molecule has 0 aliphatic heterocycles. The Morgan fingerprint density at radius 1 is 0.833 bits per heavy atom. The van der Waals surface area contributed by atoms with Gasteiger partial charge in [-0.25, -0.2) is 0 Å². The third-order valence-corrected chi connectivity index (χ3v) is 2.51. The van der Waals surface area contributed by atoms with E-state index in [1.165, 1.54) is 44.9 Å². The van der Waals surface area contributed by atoms with Crippen LogP contribution in [0.4, 0.5) is 0 Å². The Morgan fingerprint density at radius 2 is 1.33 bits per heavy atom. The van der Waals surface area contributed by atoms with Crippen LogP contribution in [0.15, 0.2) is 0 Å². The van der Waals surface area contributed by atoms with Crippen molar-refractivity contribution in [2.45, 2.75) is 44.9 Å². The van der Waals surface area contributed by atoms with Gasteiger partial charge in [0.05, 0.1) is 0 Å². The summed E-state index contributed by atoms with van der Waals surface area (Å²) in [6.45, 7) is 2.02. The first kappa shape index (κ1) is 12.7. The molecular formula is C9H21IN2. The van der Waals surface area contributed by atoms with E-state index in [4.69, 9.17) is 5.73 Å². The van der Waals surface area contributed by atoms with E-state index < -0.39 is 0 Å². The molecule has 0 saturated heterocycles. The highest BCUT2D eigenvalue weighted by Gasteiger charge is 1.90. The largest absolute Gasteiger partial charge is 0.330 e. The molecule has 0 rings (SSSR count). The average Bonchev–Trinajstić information content (AvgIpc) is 2.10. The highest BCUT2D eigenvalue weighted by molar-refractivity contribution is 14.1. The number of nitrogens with two attached hydrogens (primary N) is 1. The maximum Gasteiger partial charge on any atom is 0.0169 e. The highest BCUT2D eigenvalue weighted by Crippen LogP contribution is 2.06. The van der Waals surface area contributed by atoms with Crippen molar-refractivity contribution in [1.29, 1.82) is 0 Å². The Morgan fingerprint density at radius 3 is 1.83 bits per heavy atom.